The molecule has 92 valence electrons. The van der Waals surface area contributed by atoms with Crippen molar-refractivity contribution >= 4 is 11.9 Å². The Kier molecular flexibility index (Phi) is 9.15. The first kappa shape index (κ1) is 15.3. The summed E-state index contributed by atoms with van der Waals surface area (Å²) in [4.78, 5) is 0. The molecule has 3 heteroatoms. The van der Waals surface area contributed by atoms with Gasteiger partial charge in [0.15, 0.2) is 0 Å². The summed E-state index contributed by atoms with van der Waals surface area (Å²) < 4.78 is 3.08. The first-order valence-corrected chi connectivity index (χ1v) is 6.84. The summed E-state index contributed by atoms with van der Waals surface area (Å²) in [5.74, 6) is -0.0544. The molecule has 1 N–H and O–H groups in total. The molecule has 0 fully saturated rings. The zero-order chi connectivity index (χ0) is 12.4. The highest BCUT2D eigenvalue weighted by Crippen LogP contribution is 2.13. The van der Waals surface area contributed by atoms with Gasteiger partial charge in [0.1, 0.15) is 0 Å². The molecule has 0 amide bonds. The van der Waals surface area contributed by atoms with E-state index < -0.39 is 0 Å². The van der Waals surface area contributed by atoms with Gasteiger partial charge in [-0.05, 0) is 26.0 Å². The highest BCUT2D eigenvalue weighted by molar-refractivity contribution is 7.96. The van der Waals surface area contributed by atoms with Crippen LogP contribution in [0.25, 0.3) is 0 Å². The van der Waals surface area contributed by atoms with E-state index in [9.17, 15) is 5.11 Å². The molecule has 2 nitrogen and oxygen atoms in total. The zero-order valence-electron chi connectivity index (χ0n) is 10.5. The van der Waals surface area contributed by atoms with Crippen LogP contribution < -0.4 is 9.83 Å². The second-order valence-electron chi connectivity index (χ2n) is 3.61. The summed E-state index contributed by atoms with van der Waals surface area (Å²) >= 11 is 1.46. The van der Waals surface area contributed by atoms with Gasteiger partial charge < -0.3 is 5.11 Å². The van der Waals surface area contributed by atoms with Crippen LogP contribution >= 0.6 is 11.9 Å². The maximum atomic E-state index is 11.3. The molecule has 0 aromatic rings. The molecule has 0 aromatic heterocycles. The van der Waals surface area contributed by atoms with E-state index in [1.807, 2.05) is 19.3 Å². The maximum absolute atomic E-state index is 11.3. The normalized spacial score (nSPS) is 14.3. The standard InChI is InChI=1S/C13H23NOS/c1-5-7-9-12(8-6-2)10-13(11(3)15)14-16-4/h6,8-9,13-15H,3,5,7,10H2,1-2,4H3/p-1/b8-6-,12-9+. The van der Waals surface area contributed by atoms with E-state index in [2.05, 4.69) is 30.4 Å². The van der Waals surface area contributed by atoms with Crippen molar-refractivity contribution in [3.8, 4) is 0 Å². The minimum atomic E-state index is -0.186. The van der Waals surface area contributed by atoms with Crippen LogP contribution in [0.15, 0.2) is 36.1 Å². The van der Waals surface area contributed by atoms with E-state index in [-0.39, 0.29) is 11.8 Å². The number of hydrogen-bond acceptors (Lipinski definition) is 3. The molecule has 16 heavy (non-hydrogen) atoms. The van der Waals surface area contributed by atoms with E-state index in [1.165, 1.54) is 17.5 Å². The van der Waals surface area contributed by atoms with Crippen molar-refractivity contribution in [1.82, 2.24) is 4.72 Å². The van der Waals surface area contributed by atoms with E-state index in [0.29, 0.717) is 6.42 Å². The predicted octanol–water partition coefficient (Wildman–Crippen LogP) is 2.79. The molecule has 0 radical (unpaired) electrons. The number of nitrogens with one attached hydrogen (secondary N) is 1. The third-order valence-corrected chi connectivity index (χ3v) is 2.68. The lowest BCUT2D eigenvalue weighted by Gasteiger charge is -2.24. The van der Waals surface area contributed by atoms with Crippen LogP contribution in [-0.2, 0) is 0 Å². The molecular formula is C13H22NOS-. The Morgan fingerprint density at radius 3 is 2.69 bits per heavy atom. The van der Waals surface area contributed by atoms with Crippen LogP contribution in [-0.4, -0.2) is 12.3 Å². The van der Waals surface area contributed by atoms with Gasteiger partial charge in [-0.15, -0.1) is 12.3 Å². The lowest BCUT2D eigenvalue weighted by atomic mass is 10.0. The van der Waals surface area contributed by atoms with Gasteiger partial charge in [0.05, 0.1) is 0 Å². The van der Waals surface area contributed by atoms with Crippen LogP contribution in [0.4, 0.5) is 0 Å². The minimum absolute atomic E-state index is 0.0544. The van der Waals surface area contributed by atoms with Crippen molar-refractivity contribution in [3.05, 3.63) is 36.1 Å². The van der Waals surface area contributed by atoms with Gasteiger partial charge in [0, 0.05) is 6.04 Å². The Labute approximate surface area is 104 Å². The number of unbranched alkanes of at least 4 members (excludes halogenated alkanes) is 1. The van der Waals surface area contributed by atoms with Crippen molar-refractivity contribution in [1.29, 1.82) is 0 Å². The van der Waals surface area contributed by atoms with Gasteiger partial charge in [-0.1, -0.05) is 49.1 Å². The van der Waals surface area contributed by atoms with E-state index in [1.54, 1.807) is 0 Å². The molecular weight excluding hydrogens is 218 g/mol. The number of rotatable bonds is 8. The smallest absolute Gasteiger partial charge is 0.0316 e. The summed E-state index contributed by atoms with van der Waals surface area (Å²) in [6, 6.07) is -0.186. The van der Waals surface area contributed by atoms with Gasteiger partial charge >= 0.3 is 0 Å². The summed E-state index contributed by atoms with van der Waals surface area (Å²) in [5.41, 5.74) is 1.20. The molecule has 0 spiro atoms. The van der Waals surface area contributed by atoms with Crippen molar-refractivity contribution < 1.29 is 5.11 Å². The molecule has 1 unspecified atom stereocenters. The number of allylic oxidation sites excluding steroid dienone is 3. The highest BCUT2D eigenvalue weighted by Gasteiger charge is 2.06. The Bertz CT molecular complexity index is 259. The Balaban J connectivity index is 4.50. The van der Waals surface area contributed by atoms with Crippen LogP contribution in [0, 0.1) is 0 Å². The van der Waals surface area contributed by atoms with Gasteiger partial charge in [-0.3, -0.25) is 4.72 Å². The quantitative estimate of drug-likeness (QED) is 0.402. The molecule has 0 bridgehead atoms. The molecule has 0 rings (SSSR count). The van der Waals surface area contributed by atoms with Crippen molar-refractivity contribution in [2.75, 3.05) is 6.26 Å². The first-order valence-electron chi connectivity index (χ1n) is 5.61. The minimum Gasteiger partial charge on any atom is -0.875 e. The van der Waals surface area contributed by atoms with Crippen LogP contribution in [0.5, 0.6) is 0 Å². The van der Waals surface area contributed by atoms with E-state index in [0.717, 1.165) is 12.8 Å². The maximum Gasteiger partial charge on any atom is 0.0316 e. The SMILES string of the molecule is C=C([O-])C(CC(/C=C\C)=C/CCC)NSC. The van der Waals surface area contributed by atoms with Crippen molar-refractivity contribution in [2.24, 2.45) is 0 Å². The fourth-order valence-electron chi connectivity index (χ4n) is 1.36. The summed E-state index contributed by atoms with van der Waals surface area (Å²) in [5, 5.41) is 11.3. The van der Waals surface area contributed by atoms with Crippen LogP contribution in [0.3, 0.4) is 0 Å². The molecule has 0 aliphatic rings. The second kappa shape index (κ2) is 9.55. The molecule has 0 saturated heterocycles. The lowest BCUT2D eigenvalue weighted by Crippen LogP contribution is -2.31. The average Bonchev–Trinajstić information content (AvgIpc) is 2.25. The van der Waals surface area contributed by atoms with Gasteiger partial charge in [-0.25, -0.2) is 0 Å². The molecule has 0 saturated carbocycles. The molecule has 1 atom stereocenters. The molecule has 0 aromatic carbocycles. The highest BCUT2D eigenvalue weighted by atomic mass is 32.2. The van der Waals surface area contributed by atoms with Crippen molar-refractivity contribution in [2.45, 2.75) is 39.2 Å². The number of hydrogen-bond donors (Lipinski definition) is 1. The third-order valence-electron chi connectivity index (χ3n) is 2.16. The Morgan fingerprint density at radius 1 is 1.56 bits per heavy atom. The van der Waals surface area contributed by atoms with Gasteiger partial charge in [0.25, 0.3) is 0 Å². The first-order chi connectivity index (χ1) is 7.65. The monoisotopic (exact) mass is 240 g/mol. The summed E-state index contributed by atoms with van der Waals surface area (Å²) in [7, 11) is 0. The molecule has 0 aliphatic carbocycles. The van der Waals surface area contributed by atoms with E-state index >= 15 is 0 Å². The average molecular weight is 240 g/mol. The lowest BCUT2D eigenvalue weighted by molar-refractivity contribution is -0.308. The van der Waals surface area contributed by atoms with E-state index in [4.69, 9.17) is 0 Å². The third kappa shape index (κ3) is 6.75. The largest absolute Gasteiger partial charge is 0.875 e. The van der Waals surface area contributed by atoms with Crippen LogP contribution in [0.2, 0.25) is 0 Å². The van der Waals surface area contributed by atoms with Crippen LogP contribution in [0.1, 0.15) is 33.1 Å². The summed E-state index contributed by atoms with van der Waals surface area (Å²) in [6.45, 7) is 7.62. The molecule has 0 aliphatic heterocycles. The summed E-state index contributed by atoms with van der Waals surface area (Å²) in [6.07, 6.45) is 11.1. The zero-order valence-corrected chi connectivity index (χ0v) is 11.3. The Morgan fingerprint density at radius 2 is 2.25 bits per heavy atom. The van der Waals surface area contributed by atoms with Crippen molar-refractivity contribution in [3.63, 3.8) is 0 Å². The molecule has 0 heterocycles. The Hall–Kier alpha value is -0.670. The van der Waals surface area contributed by atoms with Gasteiger partial charge in [0.2, 0.25) is 0 Å². The fourth-order valence-corrected chi connectivity index (χ4v) is 1.86. The fraction of sp³-hybridized carbons (Fsp3) is 0.538. The predicted molar refractivity (Wildman–Crippen MR) is 72.0 cm³/mol. The topological polar surface area (TPSA) is 35.1 Å². The second-order valence-corrected chi connectivity index (χ2v) is 4.26. The van der Waals surface area contributed by atoms with Gasteiger partial charge in [-0.2, -0.15) is 0 Å².